The van der Waals surface area contributed by atoms with Gasteiger partial charge in [-0.2, -0.15) is 4.98 Å². The predicted molar refractivity (Wildman–Crippen MR) is 98.4 cm³/mol. The van der Waals surface area contributed by atoms with Crippen LogP contribution < -0.4 is 0 Å². The zero-order chi connectivity index (χ0) is 19.2. The average molecular weight is 416 g/mol. The molecule has 0 spiro atoms. The number of rotatable bonds is 4. The summed E-state index contributed by atoms with van der Waals surface area (Å²) in [6, 6.07) is 3.45. The highest BCUT2D eigenvalue weighted by atomic mass is 35.5. The molecule has 0 unspecified atom stereocenters. The number of alkyl halides is 3. The summed E-state index contributed by atoms with van der Waals surface area (Å²) in [6.07, 6.45) is 2.43. The van der Waals surface area contributed by atoms with Crippen molar-refractivity contribution < 1.29 is 18.4 Å². The third-order valence-electron chi connectivity index (χ3n) is 5.04. The van der Waals surface area contributed by atoms with E-state index in [9.17, 15) is 13.9 Å². The number of nitrogens with zero attached hydrogens (tertiary/aromatic N) is 3. The van der Waals surface area contributed by atoms with Crippen molar-refractivity contribution in [3.05, 3.63) is 29.2 Å². The predicted octanol–water partition coefficient (Wildman–Crippen LogP) is 5.61. The van der Waals surface area contributed by atoms with Crippen LogP contribution in [0.2, 0.25) is 5.02 Å². The Morgan fingerprint density at radius 2 is 2.04 bits per heavy atom. The number of fused-ring (bicyclic) bond motifs is 1. The van der Waals surface area contributed by atoms with Gasteiger partial charge in [0.05, 0.1) is 10.4 Å². The van der Waals surface area contributed by atoms with E-state index in [-0.39, 0.29) is 30.5 Å². The molecule has 5 nitrogen and oxygen atoms in total. The quantitative estimate of drug-likeness (QED) is 0.562. The average Bonchev–Trinajstić information content (AvgIpc) is 3.22. The fourth-order valence-corrected chi connectivity index (χ4v) is 4.01. The molecule has 0 bridgehead atoms. The zero-order valence-corrected chi connectivity index (χ0v) is 15.8. The lowest BCUT2D eigenvalue weighted by molar-refractivity contribution is -0.0474. The molecule has 0 atom stereocenters. The molecule has 1 aliphatic rings. The Morgan fingerprint density at radius 1 is 1.30 bits per heavy atom. The molecule has 3 aromatic rings. The summed E-state index contributed by atoms with van der Waals surface area (Å²) < 4.78 is 33.4. The van der Waals surface area contributed by atoms with E-state index in [1.807, 2.05) is 0 Å². The standard InChI is InChI=1S/C18H17Cl2F2N3O2/c19-7-14-23-16(24-27-14)11-5-12-9-25(17(26)15(12)13(20)6-11)8-10-1-3-18(21,22)4-2-10/h5-6,9-10,26H,1-4,7-8H2. The molecule has 2 aromatic heterocycles. The normalized spacial score (nSPS) is 17.6. The summed E-state index contributed by atoms with van der Waals surface area (Å²) in [5.41, 5.74) is 0.641. The molecule has 9 heteroatoms. The van der Waals surface area contributed by atoms with E-state index >= 15 is 0 Å². The van der Waals surface area contributed by atoms with Crippen molar-refractivity contribution in [1.29, 1.82) is 0 Å². The van der Waals surface area contributed by atoms with E-state index in [0.717, 1.165) is 0 Å². The molecule has 1 aliphatic carbocycles. The van der Waals surface area contributed by atoms with Crippen LogP contribution in [0.15, 0.2) is 22.9 Å². The second-order valence-corrected chi connectivity index (χ2v) is 7.65. The van der Waals surface area contributed by atoms with Gasteiger partial charge < -0.3 is 14.2 Å². The number of aromatic nitrogens is 3. The van der Waals surface area contributed by atoms with E-state index < -0.39 is 5.92 Å². The first kappa shape index (κ1) is 18.5. The first-order valence-electron chi connectivity index (χ1n) is 8.64. The SMILES string of the molecule is Oc1c2c(Cl)cc(-c3noc(CCl)n3)cc2cn1CC1CCC(F)(F)CC1. The maximum atomic E-state index is 13.3. The molecular weight excluding hydrogens is 399 g/mol. The van der Waals surface area contributed by atoms with E-state index in [0.29, 0.717) is 52.5 Å². The Balaban J connectivity index is 1.64. The van der Waals surface area contributed by atoms with Crippen LogP contribution in [-0.4, -0.2) is 25.7 Å². The summed E-state index contributed by atoms with van der Waals surface area (Å²) in [6.45, 7) is 0.473. The van der Waals surface area contributed by atoms with Crippen LogP contribution in [-0.2, 0) is 12.4 Å². The van der Waals surface area contributed by atoms with Gasteiger partial charge in [-0.25, -0.2) is 8.78 Å². The van der Waals surface area contributed by atoms with E-state index in [4.69, 9.17) is 27.7 Å². The molecule has 1 aromatic carbocycles. The minimum absolute atomic E-state index is 0.0356. The first-order valence-corrected chi connectivity index (χ1v) is 9.55. The van der Waals surface area contributed by atoms with Gasteiger partial charge in [0, 0.05) is 36.5 Å². The molecule has 1 saturated carbocycles. The Bertz CT molecular complexity index is 977. The molecule has 0 amide bonds. The van der Waals surface area contributed by atoms with Crippen LogP contribution in [0.25, 0.3) is 22.2 Å². The van der Waals surface area contributed by atoms with Crippen molar-refractivity contribution in [2.75, 3.05) is 0 Å². The molecule has 1 fully saturated rings. The number of hydrogen-bond donors (Lipinski definition) is 1. The van der Waals surface area contributed by atoms with Gasteiger partial charge in [0.1, 0.15) is 5.88 Å². The van der Waals surface area contributed by atoms with Crippen LogP contribution in [0.3, 0.4) is 0 Å². The van der Waals surface area contributed by atoms with Gasteiger partial charge in [0.2, 0.25) is 23.5 Å². The van der Waals surface area contributed by atoms with E-state index in [2.05, 4.69) is 10.1 Å². The summed E-state index contributed by atoms with van der Waals surface area (Å²) in [5.74, 6) is -1.66. The molecule has 2 heterocycles. The van der Waals surface area contributed by atoms with Crippen molar-refractivity contribution in [2.24, 2.45) is 5.92 Å². The third-order valence-corrected chi connectivity index (χ3v) is 5.57. The summed E-state index contributed by atoms with van der Waals surface area (Å²) in [4.78, 5) is 4.17. The van der Waals surface area contributed by atoms with Gasteiger partial charge in [0.15, 0.2) is 0 Å². The third kappa shape index (κ3) is 3.62. The van der Waals surface area contributed by atoms with Gasteiger partial charge in [0.25, 0.3) is 0 Å². The molecular formula is C18H17Cl2F2N3O2. The Morgan fingerprint density at radius 3 is 2.70 bits per heavy atom. The first-order chi connectivity index (χ1) is 12.9. The fourth-order valence-electron chi connectivity index (χ4n) is 3.59. The van der Waals surface area contributed by atoms with Crippen molar-refractivity contribution in [3.8, 4) is 17.3 Å². The summed E-state index contributed by atoms with van der Waals surface area (Å²) in [7, 11) is 0. The Kier molecular flexibility index (Phi) is 4.76. The van der Waals surface area contributed by atoms with Crippen molar-refractivity contribution in [2.45, 2.75) is 44.0 Å². The second kappa shape index (κ2) is 6.95. The van der Waals surface area contributed by atoms with E-state index in [1.165, 1.54) is 0 Å². The molecule has 27 heavy (non-hydrogen) atoms. The zero-order valence-electron chi connectivity index (χ0n) is 14.3. The van der Waals surface area contributed by atoms with Crippen molar-refractivity contribution >= 4 is 34.0 Å². The van der Waals surface area contributed by atoms with E-state index in [1.54, 1.807) is 22.9 Å². The summed E-state index contributed by atoms with van der Waals surface area (Å²) >= 11 is 12.0. The highest BCUT2D eigenvalue weighted by Crippen LogP contribution is 2.40. The Hall–Kier alpha value is -1.86. The van der Waals surface area contributed by atoms with Crippen LogP contribution >= 0.6 is 23.2 Å². The lowest BCUT2D eigenvalue weighted by atomic mass is 9.87. The maximum absolute atomic E-state index is 13.3. The molecule has 1 N–H and O–H groups in total. The van der Waals surface area contributed by atoms with Crippen LogP contribution in [0.1, 0.15) is 31.6 Å². The van der Waals surface area contributed by atoms with Gasteiger partial charge in [-0.1, -0.05) is 16.8 Å². The second-order valence-electron chi connectivity index (χ2n) is 6.97. The number of halogens is 4. The minimum atomic E-state index is -2.56. The molecule has 0 saturated heterocycles. The highest BCUT2D eigenvalue weighted by Gasteiger charge is 2.35. The molecule has 0 aliphatic heterocycles. The van der Waals surface area contributed by atoms with Crippen LogP contribution in [0.5, 0.6) is 5.88 Å². The molecule has 0 radical (unpaired) electrons. The monoisotopic (exact) mass is 415 g/mol. The number of aromatic hydroxyl groups is 1. The van der Waals surface area contributed by atoms with Gasteiger partial charge in [-0.3, -0.25) is 0 Å². The smallest absolute Gasteiger partial charge is 0.248 e. The lowest BCUT2D eigenvalue weighted by Crippen LogP contribution is -2.26. The maximum Gasteiger partial charge on any atom is 0.248 e. The van der Waals surface area contributed by atoms with Crippen molar-refractivity contribution in [1.82, 2.24) is 14.7 Å². The highest BCUT2D eigenvalue weighted by molar-refractivity contribution is 6.36. The fraction of sp³-hybridized carbons (Fsp3) is 0.444. The van der Waals surface area contributed by atoms with Gasteiger partial charge in [-0.15, -0.1) is 11.6 Å². The molecule has 144 valence electrons. The summed E-state index contributed by atoms with van der Waals surface area (Å²) in [5, 5.41) is 16.0. The molecule has 4 rings (SSSR count). The van der Waals surface area contributed by atoms with Crippen LogP contribution in [0.4, 0.5) is 8.78 Å². The topological polar surface area (TPSA) is 64.1 Å². The van der Waals surface area contributed by atoms with Crippen molar-refractivity contribution in [3.63, 3.8) is 0 Å². The Labute approximate surface area is 163 Å². The van der Waals surface area contributed by atoms with Crippen LogP contribution in [0, 0.1) is 5.92 Å². The van der Waals surface area contributed by atoms with Gasteiger partial charge in [-0.05, 0) is 30.9 Å². The number of benzene rings is 1. The van der Waals surface area contributed by atoms with Gasteiger partial charge >= 0.3 is 0 Å². The largest absolute Gasteiger partial charge is 0.494 e. The lowest BCUT2D eigenvalue weighted by Gasteiger charge is -2.28. The minimum Gasteiger partial charge on any atom is -0.494 e. The number of hydrogen-bond acceptors (Lipinski definition) is 4.